The van der Waals surface area contributed by atoms with Gasteiger partial charge in [0.15, 0.2) is 0 Å². The molecule has 0 spiro atoms. The fourth-order valence-corrected chi connectivity index (χ4v) is 1.98. The van der Waals surface area contributed by atoms with Gasteiger partial charge in [0.1, 0.15) is 0 Å². The van der Waals surface area contributed by atoms with Crippen LogP contribution in [0, 0.1) is 0 Å². The van der Waals surface area contributed by atoms with Crippen molar-refractivity contribution in [2.45, 2.75) is 37.8 Å². The highest BCUT2D eigenvalue weighted by atomic mass is 16.5. The van der Waals surface area contributed by atoms with E-state index in [4.69, 9.17) is 15.6 Å². The van der Waals surface area contributed by atoms with E-state index in [9.17, 15) is 0 Å². The van der Waals surface area contributed by atoms with E-state index in [2.05, 4.69) is 4.90 Å². The van der Waals surface area contributed by atoms with Crippen LogP contribution in [0.25, 0.3) is 0 Å². The van der Waals surface area contributed by atoms with Crippen LogP contribution < -0.4 is 5.73 Å². The van der Waals surface area contributed by atoms with E-state index >= 15 is 0 Å². The minimum absolute atomic E-state index is 0.0632. The minimum atomic E-state index is -0.416. The molecule has 1 aliphatic rings. The molecular formula is C11H24N2O2. The van der Waals surface area contributed by atoms with E-state index in [-0.39, 0.29) is 6.61 Å². The summed E-state index contributed by atoms with van der Waals surface area (Å²) in [7, 11) is 1.77. The number of ether oxygens (including phenoxy) is 1. The van der Waals surface area contributed by atoms with Gasteiger partial charge in [0, 0.05) is 25.7 Å². The Balaban J connectivity index is 2.11. The average molecular weight is 216 g/mol. The second-order valence-electron chi connectivity index (χ2n) is 4.86. The molecule has 0 aromatic carbocycles. The number of methoxy groups -OCH3 is 1. The van der Waals surface area contributed by atoms with Crippen molar-refractivity contribution in [3.63, 3.8) is 0 Å². The molecule has 3 N–H and O–H groups in total. The molecule has 0 aromatic rings. The standard InChI is InChI=1S/C11H24N2O2/c1-11(12,9-14)5-3-6-13-7-4-10(8-13)15-2/h10,14H,3-9,12H2,1-2H3. The van der Waals surface area contributed by atoms with Gasteiger partial charge in [-0.3, -0.25) is 0 Å². The molecule has 2 unspecified atom stereocenters. The summed E-state index contributed by atoms with van der Waals surface area (Å²) in [5.74, 6) is 0. The maximum absolute atomic E-state index is 9.01. The van der Waals surface area contributed by atoms with Crippen LogP contribution in [0.3, 0.4) is 0 Å². The minimum Gasteiger partial charge on any atom is -0.394 e. The molecule has 2 atom stereocenters. The van der Waals surface area contributed by atoms with Crippen molar-refractivity contribution in [1.29, 1.82) is 0 Å². The van der Waals surface area contributed by atoms with Gasteiger partial charge >= 0.3 is 0 Å². The van der Waals surface area contributed by atoms with Crippen LogP contribution in [0.15, 0.2) is 0 Å². The highest BCUT2D eigenvalue weighted by Crippen LogP contribution is 2.14. The quantitative estimate of drug-likeness (QED) is 0.666. The summed E-state index contributed by atoms with van der Waals surface area (Å²) in [5, 5.41) is 9.01. The monoisotopic (exact) mass is 216 g/mol. The Morgan fingerprint density at radius 2 is 2.33 bits per heavy atom. The first-order valence-electron chi connectivity index (χ1n) is 5.72. The lowest BCUT2D eigenvalue weighted by atomic mass is 9.98. The van der Waals surface area contributed by atoms with E-state index in [0.29, 0.717) is 6.10 Å². The van der Waals surface area contributed by atoms with Crippen molar-refractivity contribution in [2.24, 2.45) is 5.73 Å². The van der Waals surface area contributed by atoms with Crippen LogP contribution in [0.2, 0.25) is 0 Å². The summed E-state index contributed by atoms with van der Waals surface area (Å²) in [6.45, 7) is 5.19. The number of hydrogen-bond donors (Lipinski definition) is 2. The molecule has 1 rings (SSSR count). The lowest BCUT2D eigenvalue weighted by molar-refractivity contribution is 0.107. The third-order valence-electron chi connectivity index (χ3n) is 3.15. The molecular weight excluding hydrogens is 192 g/mol. The van der Waals surface area contributed by atoms with Crippen LogP contribution in [-0.2, 0) is 4.74 Å². The van der Waals surface area contributed by atoms with E-state index in [0.717, 1.165) is 38.9 Å². The second-order valence-corrected chi connectivity index (χ2v) is 4.86. The fraction of sp³-hybridized carbons (Fsp3) is 1.00. The Bertz CT molecular complexity index is 185. The summed E-state index contributed by atoms with van der Waals surface area (Å²) in [4.78, 5) is 2.40. The van der Waals surface area contributed by atoms with Crippen molar-refractivity contribution in [2.75, 3.05) is 33.4 Å². The molecule has 0 radical (unpaired) electrons. The van der Waals surface area contributed by atoms with Gasteiger partial charge in [-0.25, -0.2) is 0 Å². The summed E-state index contributed by atoms with van der Waals surface area (Å²) < 4.78 is 5.30. The van der Waals surface area contributed by atoms with Gasteiger partial charge in [-0.05, 0) is 32.7 Å². The summed E-state index contributed by atoms with van der Waals surface area (Å²) in [5.41, 5.74) is 5.44. The van der Waals surface area contributed by atoms with E-state index in [1.54, 1.807) is 7.11 Å². The topological polar surface area (TPSA) is 58.7 Å². The van der Waals surface area contributed by atoms with E-state index in [1.165, 1.54) is 0 Å². The SMILES string of the molecule is COC1CCN(CCCC(C)(N)CO)C1. The zero-order chi connectivity index (χ0) is 11.3. The first kappa shape index (κ1) is 12.9. The molecule has 0 aromatic heterocycles. The average Bonchev–Trinajstić information content (AvgIpc) is 2.66. The third kappa shape index (κ3) is 4.47. The first-order valence-corrected chi connectivity index (χ1v) is 5.72. The molecule has 1 heterocycles. The molecule has 15 heavy (non-hydrogen) atoms. The number of nitrogens with zero attached hydrogens (tertiary/aromatic N) is 1. The zero-order valence-electron chi connectivity index (χ0n) is 9.91. The maximum Gasteiger partial charge on any atom is 0.0710 e. The highest BCUT2D eigenvalue weighted by molar-refractivity contribution is 4.80. The highest BCUT2D eigenvalue weighted by Gasteiger charge is 2.22. The summed E-state index contributed by atoms with van der Waals surface area (Å²) in [6, 6.07) is 0. The zero-order valence-corrected chi connectivity index (χ0v) is 9.91. The van der Waals surface area contributed by atoms with Gasteiger partial charge in [0.2, 0.25) is 0 Å². The Kier molecular flexibility index (Phi) is 4.99. The van der Waals surface area contributed by atoms with Crippen LogP contribution >= 0.6 is 0 Å². The number of nitrogens with two attached hydrogens (primary N) is 1. The van der Waals surface area contributed by atoms with Crippen molar-refractivity contribution < 1.29 is 9.84 Å². The Morgan fingerprint density at radius 1 is 1.60 bits per heavy atom. The number of aliphatic hydroxyl groups is 1. The maximum atomic E-state index is 9.01. The molecule has 4 nitrogen and oxygen atoms in total. The number of aliphatic hydroxyl groups excluding tert-OH is 1. The molecule has 1 saturated heterocycles. The van der Waals surface area contributed by atoms with Crippen molar-refractivity contribution in [3.05, 3.63) is 0 Å². The van der Waals surface area contributed by atoms with E-state index in [1.807, 2.05) is 6.92 Å². The summed E-state index contributed by atoms with van der Waals surface area (Å²) in [6.07, 6.45) is 3.46. The Morgan fingerprint density at radius 3 is 2.87 bits per heavy atom. The van der Waals surface area contributed by atoms with Gasteiger partial charge in [-0.15, -0.1) is 0 Å². The van der Waals surface area contributed by atoms with Crippen molar-refractivity contribution in [1.82, 2.24) is 4.90 Å². The van der Waals surface area contributed by atoms with Gasteiger partial charge in [0.05, 0.1) is 12.7 Å². The molecule has 0 bridgehead atoms. The second kappa shape index (κ2) is 5.80. The predicted octanol–water partition coefficient (Wildman–Crippen LogP) is 0.197. The molecule has 0 amide bonds. The molecule has 1 fully saturated rings. The Hall–Kier alpha value is -0.160. The summed E-state index contributed by atoms with van der Waals surface area (Å²) >= 11 is 0. The normalized spacial score (nSPS) is 26.8. The molecule has 0 saturated carbocycles. The lowest BCUT2D eigenvalue weighted by Crippen LogP contribution is -2.40. The largest absolute Gasteiger partial charge is 0.394 e. The Labute approximate surface area is 92.4 Å². The lowest BCUT2D eigenvalue weighted by Gasteiger charge is -2.23. The van der Waals surface area contributed by atoms with Crippen molar-refractivity contribution >= 4 is 0 Å². The number of rotatable bonds is 6. The van der Waals surface area contributed by atoms with Crippen molar-refractivity contribution in [3.8, 4) is 0 Å². The molecule has 4 heteroatoms. The van der Waals surface area contributed by atoms with Crippen LogP contribution in [0.4, 0.5) is 0 Å². The number of likely N-dealkylation sites (tertiary alicyclic amines) is 1. The van der Waals surface area contributed by atoms with Crippen LogP contribution in [0.5, 0.6) is 0 Å². The van der Waals surface area contributed by atoms with Gasteiger partial charge in [0.25, 0.3) is 0 Å². The first-order chi connectivity index (χ1) is 7.07. The van der Waals surface area contributed by atoms with Gasteiger partial charge < -0.3 is 20.5 Å². The van der Waals surface area contributed by atoms with E-state index < -0.39 is 5.54 Å². The van der Waals surface area contributed by atoms with Gasteiger partial charge in [-0.2, -0.15) is 0 Å². The smallest absolute Gasteiger partial charge is 0.0710 e. The molecule has 0 aliphatic carbocycles. The molecule has 90 valence electrons. The van der Waals surface area contributed by atoms with Gasteiger partial charge in [-0.1, -0.05) is 0 Å². The predicted molar refractivity (Wildman–Crippen MR) is 60.8 cm³/mol. The number of hydrogen-bond acceptors (Lipinski definition) is 4. The third-order valence-corrected chi connectivity index (χ3v) is 3.15. The molecule has 1 aliphatic heterocycles. The van der Waals surface area contributed by atoms with Crippen LogP contribution in [-0.4, -0.2) is 55.0 Å². The van der Waals surface area contributed by atoms with Crippen LogP contribution in [0.1, 0.15) is 26.2 Å². The fourth-order valence-electron chi connectivity index (χ4n) is 1.98.